The van der Waals surface area contributed by atoms with Crippen LogP contribution >= 0.6 is 11.6 Å². The number of nitrogens with one attached hydrogen (secondary N) is 1. The average molecular weight is 282 g/mol. The van der Waals surface area contributed by atoms with Crippen molar-refractivity contribution in [2.45, 2.75) is 32.1 Å². The molecule has 19 heavy (non-hydrogen) atoms. The molecule has 0 radical (unpaired) electrons. The second-order valence-electron chi connectivity index (χ2n) is 5.29. The van der Waals surface area contributed by atoms with Gasteiger partial charge in [0.2, 0.25) is 0 Å². The first kappa shape index (κ1) is 14.5. The molecule has 3 heteroatoms. The van der Waals surface area contributed by atoms with Crippen molar-refractivity contribution in [2.24, 2.45) is 5.92 Å². The van der Waals surface area contributed by atoms with E-state index in [4.69, 9.17) is 11.6 Å². The third-order valence-corrected chi connectivity index (χ3v) is 3.97. The van der Waals surface area contributed by atoms with Crippen LogP contribution in [0, 0.1) is 11.7 Å². The minimum atomic E-state index is -0.272. The highest BCUT2D eigenvalue weighted by atomic mass is 35.5. The molecule has 104 valence electrons. The molecular formula is C16H21ClFN. The van der Waals surface area contributed by atoms with Crippen molar-refractivity contribution in [2.75, 3.05) is 13.6 Å². The van der Waals surface area contributed by atoms with E-state index in [2.05, 4.69) is 11.4 Å². The van der Waals surface area contributed by atoms with Gasteiger partial charge in [-0.15, -0.1) is 0 Å². The smallest absolute Gasteiger partial charge is 0.125 e. The second-order valence-corrected chi connectivity index (χ2v) is 5.72. The van der Waals surface area contributed by atoms with Gasteiger partial charge in [-0.1, -0.05) is 42.5 Å². The van der Waals surface area contributed by atoms with E-state index in [0.717, 1.165) is 12.1 Å². The van der Waals surface area contributed by atoms with Crippen molar-refractivity contribution in [1.82, 2.24) is 5.32 Å². The van der Waals surface area contributed by atoms with Crippen LogP contribution in [0.15, 0.2) is 23.8 Å². The Morgan fingerprint density at radius 2 is 2.05 bits per heavy atom. The minimum absolute atomic E-state index is 0.272. The van der Waals surface area contributed by atoms with Crippen molar-refractivity contribution < 1.29 is 4.39 Å². The van der Waals surface area contributed by atoms with Crippen molar-refractivity contribution in [1.29, 1.82) is 0 Å². The molecule has 0 spiro atoms. The van der Waals surface area contributed by atoms with Gasteiger partial charge in [0, 0.05) is 11.6 Å². The largest absolute Gasteiger partial charge is 0.316 e. The molecule has 0 atom stereocenters. The summed E-state index contributed by atoms with van der Waals surface area (Å²) in [5, 5.41) is 3.68. The Morgan fingerprint density at radius 3 is 2.68 bits per heavy atom. The van der Waals surface area contributed by atoms with Crippen molar-refractivity contribution in [3.8, 4) is 0 Å². The predicted octanol–water partition coefficient (Wildman–Crippen LogP) is 4.66. The second kappa shape index (κ2) is 7.06. The number of halogens is 2. The Balaban J connectivity index is 2.23. The molecular weight excluding hydrogens is 261 g/mol. The van der Waals surface area contributed by atoms with Gasteiger partial charge in [-0.25, -0.2) is 4.39 Å². The van der Waals surface area contributed by atoms with Gasteiger partial charge in [0.1, 0.15) is 5.82 Å². The van der Waals surface area contributed by atoms with E-state index < -0.39 is 0 Å². The zero-order valence-electron chi connectivity index (χ0n) is 11.4. The lowest BCUT2D eigenvalue weighted by Gasteiger charge is -2.24. The molecule has 1 aromatic carbocycles. The molecule has 0 aromatic heterocycles. The van der Waals surface area contributed by atoms with Crippen LogP contribution in [0.5, 0.6) is 0 Å². The Bertz CT molecular complexity index is 430. The monoisotopic (exact) mass is 281 g/mol. The molecule has 1 nitrogen and oxygen atoms in total. The lowest BCUT2D eigenvalue weighted by atomic mass is 9.83. The topological polar surface area (TPSA) is 12.0 Å². The van der Waals surface area contributed by atoms with Crippen LogP contribution in [-0.4, -0.2) is 13.6 Å². The van der Waals surface area contributed by atoms with Crippen LogP contribution in [0.3, 0.4) is 0 Å². The van der Waals surface area contributed by atoms with E-state index in [1.165, 1.54) is 43.7 Å². The summed E-state index contributed by atoms with van der Waals surface area (Å²) in [5.74, 6) is 0.356. The number of hydrogen-bond acceptors (Lipinski definition) is 1. The van der Waals surface area contributed by atoms with Crippen molar-refractivity contribution >= 4 is 17.7 Å². The van der Waals surface area contributed by atoms with Gasteiger partial charge in [0.25, 0.3) is 0 Å². The maximum Gasteiger partial charge on any atom is 0.125 e. The molecule has 0 heterocycles. The first-order valence-corrected chi connectivity index (χ1v) is 7.38. The molecule has 1 aliphatic rings. The van der Waals surface area contributed by atoms with Gasteiger partial charge in [0.15, 0.2) is 0 Å². The van der Waals surface area contributed by atoms with Crippen LogP contribution in [0.4, 0.5) is 4.39 Å². The Labute approximate surface area is 119 Å². The van der Waals surface area contributed by atoms with E-state index in [9.17, 15) is 4.39 Å². The average Bonchev–Trinajstić information content (AvgIpc) is 2.38. The summed E-state index contributed by atoms with van der Waals surface area (Å²) in [5.41, 5.74) is 2.23. The zero-order valence-corrected chi connectivity index (χ0v) is 12.1. The van der Waals surface area contributed by atoms with E-state index in [-0.39, 0.29) is 5.82 Å². The molecule has 1 aliphatic carbocycles. The summed E-state index contributed by atoms with van der Waals surface area (Å²) in [6.07, 6.45) is 8.54. The fraction of sp³-hybridized carbons (Fsp3) is 0.500. The first-order valence-electron chi connectivity index (χ1n) is 7.00. The predicted molar refractivity (Wildman–Crippen MR) is 79.9 cm³/mol. The summed E-state index contributed by atoms with van der Waals surface area (Å²) in [6, 6.07) is 4.71. The van der Waals surface area contributed by atoms with Gasteiger partial charge in [0.05, 0.1) is 0 Å². The minimum Gasteiger partial charge on any atom is -0.316 e. The fourth-order valence-electron chi connectivity index (χ4n) is 2.86. The number of hydrogen-bond donors (Lipinski definition) is 1. The van der Waals surface area contributed by atoms with E-state index in [1.807, 2.05) is 13.1 Å². The molecule has 0 bridgehead atoms. The third-order valence-electron chi connectivity index (χ3n) is 3.75. The summed E-state index contributed by atoms with van der Waals surface area (Å²) in [7, 11) is 1.95. The van der Waals surface area contributed by atoms with Crippen LogP contribution in [0.25, 0.3) is 6.08 Å². The van der Waals surface area contributed by atoms with Gasteiger partial charge >= 0.3 is 0 Å². The molecule has 0 aliphatic heterocycles. The molecule has 1 saturated carbocycles. The Kier molecular flexibility index (Phi) is 5.41. The van der Waals surface area contributed by atoms with Gasteiger partial charge in [-0.3, -0.25) is 0 Å². The number of benzene rings is 1. The quantitative estimate of drug-likeness (QED) is 0.846. The molecule has 0 amide bonds. The van der Waals surface area contributed by atoms with Gasteiger partial charge in [-0.05, 0) is 49.6 Å². The van der Waals surface area contributed by atoms with E-state index in [0.29, 0.717) is 10.9 Å². The summed E-state index contributed by atoms with van der Waals surface area (Å²) >= 11 is 5.91. The maximum absolute atomic E-state index is 13.4. The Hall–Kier alpha value is -0.860. The summed E-state index contributed by atoms with van der Waals surface area (Å²) < 4.78 is 13.4. The third kappa shape index (κ3) is 4.32. The normalized spacial score (nSPS) is 17.7. The highest BCUT2D eigenvalue weighted by Crippen LogP contribution is 2.31. The molecule has 1 N–H and O–H groups in total. The lowest BCUT2D eigenvalue weighted by Crippen LogP contribution is -2.19. The maximum atomic E-state index is 13.4. The number of likely N-dealkylation sites (N-methyl/N-ethyl adjacent to an activating group) is 1. The van der Waals surface area contributed by atoms with E-state index >= 15 is 0 Å². The van der Waals surface area contributed by atoms with E-state index in [1.54, 1.807) is 6.07 Å². The molecule has 1 aromatic rings. The molecule has 2 rings (SSSR count). The van der Waals surface area contributed by atoms with Gasteiger partial charge in [-0.2, -0.15) is 0 Å². The molecule has 0 unspecified atom stereocenters. The van der Waals surface area contributed by atoms with Crippen LogP contribution in [0.1, 0.15) is 37.7 Å². The summed E-state index contributed by atoms with van der Waals surface area (Å²) in [6.45, 7) is 0.860. The molecule has 1 fully saturated rings. The molecule has 0 saturated heterocycles. The Morgan fingerprint density at radius 1 is 1.32 bits per heavy atom. The van der Waals surface area contributed by atoms with Crippen molar-refractivity contribution in [3.05, 3.63) is 40.2 Å². The lowest BCUT2D eigenvalue weighted by molar-refractivity contribution is 0.398. The van der Waals surface area contributed by atoms with Crippen LogP contribution in [0.2, 0.25) is 5.02 Å². The van der Waals surface area contributed by atoms with Crippen LogP contribution in [-0.2, 0) is 0 Å². The standard InChI is InChI=1S/C16H21ClFN/c1-19-11-14(13-5-3-2-4-6-13)7-12-8-15(17)10-16(18)9-12/h7-10,13,19H,2-6,11H2,1H3/b14-7-. The van der Waals surface area contributed by atoms with Gasteiger partial charge < -0.3 is 5.32 Å². The van der Waals surface area contributed by atoms with Crippen LogP contribution < -0.4 is 5.32 Å². The highest BCUT2D eigenvalue weighted by molar-refractivity contribution is 6.30. The highest BCUT2D eigenvalue weighted by Gasteiger charge is 2.17. The summed E-state index contributed by atoms with van der Waals surface area (Å²) in [4.78, 5) is 0. The fourth-order valence-corrected chi connectivity index (χ4v) is 3.09. The first-order chi connectivity index (χ1) is 9.19. The SMILES string of the molecule is CNC/C(=C/c1cc(F)cc(Cl)c1)C1CCCCC1. The zero-order chi connectivity index (χ0) is 13.7. The van der Waals surface area contributed by atoms with Crippen molar-refractivity contribution in [3.63, 3.8) is 0 Å². The number of rotatable bonds is 4.